The Morgan fingerprint density at radius 3 is 2.30 bits per heavy atom. The molecule has 0 bridgehead atoms. The van der Waals surface area contributed by atoms with Crippen LogP contribution < -0.4 is 19.8 Å². The number of methoxy groups -OCH3 is 1. The Morgan fingerprint density at radius 1 is 0.970 bits per heavy atom. The van der Waals surface area contributed by atoms with Crippen LogP contribution in [0.15, 0.2) is 36.4 Å². The van der Waals surface area contributed by atoms with Crippen molar-refractivity contribution in [3.05, 3.63) is 41.4 Å². The zero-order chi connectivity index (χ0) is 24.2. The second kappa shape index (κ2) is 10.9. The maximum Gasteiger partial charge on any atom is 0.230 e. The number of pyridine rings is 1. The molecule has 3 aromatic rings. The molecule has 180 valence electrons. The lowest BCUT2D eigenvalue weighted by atomic mass is 10.1. The minimum atomic E-state index is -4.37. The van der Waals surface area contributed by atoms with Crippen LogP contribution in [0.4, 0.5) is 5.69 Å². The first kappa shape index (κ1) is 26.2. The van der Waals surface area contributed by atoms with E-state index < -0.39 is 34.1 Å². The van der Waals surface area contributed by atoms with Gasteiger partial charge in [0, 0.05) is 28.3 Å². The predicted molar refractivity (Wildman–Crippen MR) is 129 cm³/mol. The van der Waals surface area contributed by atoms with Crippen molar-refractivity contribution in [3.8, 4) is 5.75 Å². The van der Waals surface area contributed by atoms with E-state index in [1.165, 1.54) is 0 Å². The second-order valence-electron chi connectivity index (χ2n) is 8.01. The average Bonchev–Trinajstić information content (AvgIpc) is 2.69. The summed E-state index contributed by atoms with van der Waals surface area (Å²) in [5, 5.41) is 5.77. The van der Waals surface area contributed by atoms with Gasteiger partial charge in [-0.15, -0.1) is 0 Å². The van der Waals surface area contributed by atoms with E-state index in [1.807, 2.05) is 24.3 Å². The van der Waals surface area contributed by atoms with E-state index in [4.69, 9.17) is 16.3 Å². The van der Waals surface area contributed by atoms with Crippen molar-refractivity contribution in [1.82, 2.24) is 4.98 Å². The Labute approximate surface area is 197 Å². The summed E-state index contributed by atoms with van der Waals surface area (Å²) in [6, 6.07) is 11.1. The van der Waals surface area contributed by atoms with Gasteiger partial charge in [0.15, 0.2) is 0 Å². The van der Waals surface area contributed by atoms with Crippen LogP contribution in [-0.4, -0.2) is 50.5 Å². The molecule has 2 aromatic carbocycles. The Balaban J connectivity index is 1.73. The topological polar surface area (TPSA) is 161 Å². The molecule has 0 aliphatic heterocycles. The molecule has 0 spiro atoms. The minimum Gasteiger partial charge on any atom is -0.632 e. The summed E-state index contributed by atoms with van der Waals surface area (Å²) in [5.74, 6) is -0.0565. The third-order valence-corrected chi connectivity index (χ3v) is 7.50. The number of nitrogens with one attached hydrogen (secondary N) is 1. The minimum absolute atomic E-state index is 0.305. The fourth-order valence-electron chi connectivity index (χ4n) is 3.90. The zero-order valence-corrected chi connectivity index (χ0v) is 20.6. The van der Waals surface area contributed by atoms with Gasteiger partial charge in [0.25, 0.3) is 0 Å². The number of nitrogens with zero attached hydrogens (tertiary/aromatic N) is 1. The molecule has 33 heavy (non-hydrogen) atoms. The lowest BCUT2D eigenvalue weighted by Crippen LogP contribution is -2.25. The monoisotopic (exact) mass is 516 g/mol. The maximum atomic E-state index is 11.3. The number of halogens is 1. The number of hydrogen-bond donors (Lipinski definition) is 5. The van der Waals surface area contributed by atoms with E-state index in [0.29, 0.717) is 36.6 Å². The fraction of sp³-hybridized carbons (Fsp3) is 0.381. The van der Waals surface area contributed by atoms with E-state index >= 15 is 0 Å². The largest absolute Gasteiger partial charge is 0.632 e. The number of unbranched alkanes of at least 4 members (excludes halogenated alkanes) is 1. The van der Waals surface area contributed by atoms with Crippen LogP contribution in [-0.2, 0) is 0 Å². The molecular formula is C21H27ClN2O7P2. The first-order valence-corrected chi connectivity index (χ1v) is 14.3. The average molecular weight is 517 g/mol. The van der Waals surface area contributed by atoms with Gasteiger partial charge in [-0.2, -0.15) is 0 Å². The van der Waals surface area contributed by atoms with Crippen LogP contribution in [0.5, 0.6) is 5.75 Å². The maximum absolute atomic E-state index is 11.3. The summed E-state index contributed by atoms with van der Waals surface area (Å²) < 4.78 is 5.35. The highest BCUT2D eigenvalue weighted by Gasteiger charge is 2.33. The summed E-state index contributed by atoms with van der Waals surface area (Å²) in [6.45, 7) is 0.548. The van der Waals surface area contributed by atoms with E-state index in [0.717, 1.165) is 27.5 Å². The van der Waals surface area contributed by atoms with Crippen molar-refractivity contribution in [3.63, 3.8) is 0 Å². The summed E-state index contributed by atoms with van der Waals surface area (Å²) >= 11 is 6.15. The van der Waals surface area contributed by atoms with Crippen molar-refractivity contribution in [2.24, 2.45) is 5.92 Å². The summed E-state index contributed by atoms with van der Waals surface area (Å²) in [6.07, 6.45) is 0.423. The van der Waals surface area contributed by atoms with Crippen molar-refractivity contribution in [2.45, 2.75) is 19.3 Å². The molecule has 12 heteroatoms. The molecule has 1 heterocycles. The Bertz CT molecular complexity index is 1090. The Hall–Kier alpha value is -1.38. The normalized spacial score (nSPS) is 12.6. The first-order chi connectivity index (χ1) is 15.4. The van der Waals surface area contributed by atoms with Crippen molar-refractivity contribution in [2.75, 3.05) is 31.3 Å². The Kier molecular flexibility index (Phi) is 8.67. The smallest absolute Gasteiger partial charge is 0.230 e. The highest BCUT2D eigenvalue weighted by molar-refractivity contribution is 7.58. The molecule has 0 atom stereocenters. The lowest BCUT2D eigenvalue weighted by Gasteiger charge is -2.25. The van der Waals surface area contributed by atoms with Gasteiger partial charge in [0.05, 0.1) is 23.8 Å². The van der Waals surface area contributed by atoms with E-state index in [9.17, 15) is 29.4 Å². The standard InChI is InChI=1S/C21H27ClN2O7P2/c1-31-16-6-8-19-18(11-16)21(17-7-5-15(22)10-20(17)24-19)23-9-3-2-4-14(12-32(25,26)27)13-33(28,29)30/h5-8,10-11,14H,2-4,9,12-13H2,1H3,(H,23,24)(H2,25,26,27)(H2,28,29,30). The summed E-state index contributed by atoms with van der Waals surface area (Å²) in [4.78, 5) is 64.2. The number of benzene rings is 2. The number of ether oxygens (including phenoxy) is 1. The van der Waals surface area contributed by atoms with Gasteiger partial charge < -0.3 is 19.8 Å². The number of anilines is 1. The van der Waals surface area contributed by atoms with Gasteiger partial charge >= 0.3 is 0 Å². The number of aromatic nitrogens is 1. The third-order valence-electron chi connectivity index (χ3n) is 5.28. The van der Waals surface area contributed by atoms with Crippen LogP contribution in [0, 0.1) is 5.92 Å². The molecule has 0 aliphatic carbocycles. The molecule has 0 unspecified atom stereocenters. The summed E-state index contributed by atoms with van der Waals surface area (Å²) in [5.41, 5.74) is 2.38. The summed E-state index contributed by atoms with van der Waals surface area (Å²) in [7, 11) is -7.14. The SMILES string of the molecule is COc1ccc2nc3cc(Cl)ccc3c(NCCCCC(C[P+]([O-])(O)O)C[P+]([O-])(O)O)c2c1. The highest BCUT2D eigenvalue weighted by atomic mass is 35.5. The van der Waals surface area contributed by atoms with Crippen LogP contribution in [0.3, 0.4) is 0 Å². The van der Waals surface area contributed by atoms with E-state index in [2.05, 4.69) is 10.3 Å². The fourth-order valence-corrected chi connectivity index (χ4v) is 6.24. The first-order valence-electron chi connectivity index (χ1n) is 10.4. The lowest BCUT2D eigenvalue weighted by molar-refractivity contribution is -0.210. The molecule has 1 aromatic heterocycles. The van der Waals surface area contributed by atoms with Gasteiger partial charge in [-0.3, -0.25) is 0 Å². The molecule has 0 saturated heterocycles. The van der Waals surface area contributed by atoms with Crippen LogP contribution in [0.1, 0.15) is 19.3 Å². The Morgan fingerprint density at radius 2 is 1.67 bits per heavy atom. The zero-order valence-electron chi connectivity index (χ0n) is 18.0. The van der Waals surface area contributed by atoms with Gasteiger partial charge in [-0.25, -0.2) is 24.6 Å². The molecule has 9 nitrogen and oxygen atoms in total. The van der Waals surface area contributed by atoms with Crippen molar-refractivity contribution in [1.29, 1.82) is 0 Å². The van der Waals surface area contributed by atoms with Gasteiger partial charge in [0.2, 0.25) is 15.9 Å². The molecule has 0 aliphatic rings. The second-order valence-corrected chi connectivity index (χ2v) is 11.8. The van der Waals surface area contributed by atoms with Gasteiger partial charge in [-0.1, -0.05) is 18.0 Å². The molecule has 5 N–H and O–H groups in total. The van der Waals surface area contributed by atoms with E-state index in [1.54, 1.807) is 19.2 Å². The van der Waals surface area contributed by atoms with Gasteiger partial charge in [-0.05, 0) is 49.2 Å². The molecular weight excluding hydrogens is 490 g/mol. The highest BCUT2D eigenvalue weighted by Crippen LogP contribution is 2.48. The predicted octanol–water partition coefficient (Wildman–Crippen LogP) is 2.46. The molecule has 0 radical (unpaired) electrons. The van der Waals surface area contributed by atoms with Crippen molar-refractivity contribution < 1.29 is 34.1 Å². The number of fused-ring (bicyclic) bond motifs is 2. The van der Waals surface area contributed by atoms with E-state index in [-0.39, 0.29) is 0 Å². The third kappa shape index (κ3) is 7.82. The molecule has 0 fully saturated rings. The van der Waals surface area contributed by atoms with Crippen LogP contribution in [0.2, 0.25) is 5.02 Å². The molecule has 3 rings (SSSR count). The van der Waals surface area contributed by atoms with Crippen LogP contribution in [0.25, 0.3) is 21.8 Å². The number of rotatable bonds is 11. The number of hydrogen-bond acceptors (Lipinski definition) is 9. The van der Waals surface area contributed by atoms with Crippen molar-refractivity contribution >= 4 is 55.0 Å². The van der Waals surface area contributed by atoms with Gasteiger partial charge in [0.1, 0.15) is 18.1 Å². The molecule has 0 saturated carbocycles. The van der Waals surface area contributed by atoms with Crippen LogP contribution >= 0.6 is 27.5 Å². The molecule has 0 amide bonds. The quantitative estimate of drug-likeness (QED) is 0.146.